The molecule has 100 valence electrons. The fourth-order valence-electron chi connectivity index (χ4n) is 2.38. The molecule has 0 spiro atoms. The molecule has 2 aromatic rings. The number of aromatic nitrogens is 2. The van der Waals surface area contributed by atoms with Gasteiger partial charge in [-0.05, 0) is 24.8 Å². The van der Waals surface area contributed by atoms with E-state index in [9.17, 15) is 4.79 Å². The van der Waals surface area contributed by atoms with Crippen LogP contribution in [0.5, 0.6) is 0 Å². The molecule has 1 N–H and O–H groups in total. The summed E-state index contributed by atoms with van der Waals surface area (Å²) in [4.78, 5) is 22.2. The highest BCUT2D eigenvalue weighted by Crippen LogP contribution is 2.39. The zero-order valence-corrected chi connectivity index (χ0v) is 12.4. The number of thioether (sulfide) groups is 1. The first kappa shape index (κ1) is 12.9. The fourth-order valence-corrected chi connectivity index (χ4v) is 4.56. The van der Waals surface area contributed by atoms with Crippen LogP contribution in [0.2, 0.25) is 0 Å². The molecule has 3 rings (SSSR count). The van der Waals surface area contributed by atoms with Crippen LogP contribution in [0.25, 0.3) is 10.2 Å². The number of carbonyl (C=O) groups is 1. The van der Waals surface area contributed by atoms with Gasteiger partial charge in [0.1, 0.15) is 16.2 Å². The van der Waals surface area contributed by atoms with E-state index in [1.807, 2.05) is 11.3 Å². The Morgan fingerprint density at radius 1 is 1.47 bits per heavy atom. The second-order valence-electron chi connectivity index (χ2n) is 4.55. The van der Waals surface area contributed by atoms with E-state index >= 15 is 0 Å². The van der Waals surface area contributed by atoms with Crippen LogP contribution in [-0.2, 0) is 17.6 Å². The maximum Gasteiger partial charge on any atom is 0.216 e. The van der Waals surface area contributed by atoms with Gasteiger partial charge in [0, 0.05) is 29.5 Å². The quantitative estimate of drug-likeness (QED) is 0.534. The van der Waals surface area contributed by atoms with Crippen LogP contribution >= 0.6 is 23.1 Å². The van der Waals surface area contributed by atoms with Gasteiger partial charge in [-0.1, -0.05) is 0 Å². The van der Waals surface area contributed by atoms with Crippen LogP contribution in [-0.4, -0.2) is 28.2 Å². The van der Waals surface area contributed by atoms with Crippen LogP contribution in [0, 0.1) is 0 Å². The van der Waals surface area contributed by atoms with Gasteiger partial charge in [0.2, 0.25) is 5.91 Å². The number of amides is 1. The molecule has 0 saturated heterocycles. The minimum Gasteiger partial charge on any atom is -0.356 e. The van der Waals surface area contributed by atoms with E-state index in [1.165, 1.54) is 28.7 Å². The maximum absolute atomic E-state index is 10.8. The van der Waals surface area contributed by atoms with Crippen molar-refractivity contribution in [2.45, 2.75) is 31.2 Å². The Bertz CT molecular complexity index is 624. The summed E-state index contributed by atoms with van der Waals surface area (Å²) in [5.74, 6) is 0.862. The maximum atomic E-state index is 10.8. The second-order valence-corrected chi connectivity index (χ2v) is 6.71. The van der Waals surface area contributed by atoms with Gasteiger partial charge in [0.25, 0.3) is 0 Å². The van der Waals surface area contributed by atoms with Gasteiger partial charge in [-0.25, -0.2) is 9.97 Å². The molecule has 2 aromatic heterocycles. The lowest BCUT2D eigenvalue weighted by Gasteiger charge is -2.04. The predicted molar refractivity (Wildman–Crippen MR) is 78.8 cm³/mol. The molecule has 1 amide bonds. The number of aryl methyl sites for hydroxylation is 2. The molecule has 6 heteroatoms. The first-order valence-corrected chi connectivity index (χ1v) is 8.18. The molecule has 0 aliphatic heterocycles. The summed E-state index contributed by atoms with van der Waals surface area (Å²) in [6.07, 6.45) is 5.24. The lowest BCUT2D eigenvalue weighted by Crippen LogP contribution is -2.22. The average molecular weight is 293 g/mol. The minimum atomic E-state index is 0.0184. The molecule has 1 aliphatic rings. The van der Waals surface area contributed by atoms with E-state index in [-0.39, 0.29) is 5.91 Å². The molecule has 0 radical (unpaired) electrons. The number of hydrogen-bond donors (Lipinski definition) is 1. The van der Waals surface area contributed by atoms with Crippen LogP contribution in [0.1, 0.15) is 23.8 Å². The average Bonchev–Trinajstić information content (AvgIpc) is 2.94. The van der Waals surface area contributed by atoms with Crippen molar-refractivity contribution in [1.82, 2.24) is 15.3 Å². The van der Waals surface area contributed by atoms with E-state index in [4.69, 9.17) is 0 Å². The Labute approximate surface area is 120 Å². The minimum absolute atomic E-state index is 0.0184. The van der Waals surface area contributed by atoms with Crippen LogP contribution in [0.3, 0.4) is 0 Å². The van der Waals surface area contributed by atoms with Crippen LogP contribution in [0.4, 0.5) is 0 Å². The fraction of sp³-hybridized carbons (Fsp3) is 0.462. The van der Waals surface area contributed by atoms with Crippen molar-refractivity contribution >= 4 is 39.2 Å². The Morgan fingerprint density at radius 2 is 2.37 bits per heavy atom. The Balaban J connectivity index is 1.81. The molecule has 0 saturated carbocycles. The predicted octanol–water partition coefficient (Wildman–Crippen LogP) is 2.41. The summed E-state index contributed by atoms with van der Waals surface area (Å²) in [6.45, 7) is 2.22. The smallest absolute Gasteiger partial charge is 0.216 e. The van der Waals surface area contributed by atoms with Crippen molar-refractivity contribution in [3.05, 3.63) is 16.8 Å². The van der Waals surface area contributed by atoms with Crippen molar-refractivity contribution in [3.63, 3.8) is 0 Å². The summed E-state index contributed by atoms with van der Waals surface area (Å²) in [6, 6.07) is 0. The first-order chi connectivity index (χ1) is 9.25. The van der Waals surface area contributed by atoms with E-state index in [1.54, 1.807) is 25.0 Å². The van der Waals surface area contributed by atoms with E-state index in [0.717, 1.165) is 22.0 Å². The van der Waals surface area contributed by atoms with Gasteiger partial charge >= 0.3 is 0 Å². The van der Waals surface area contributed by atoms with E-state index in [0.29, 0.717) is 6.54 Å². The molecule has 1 aliphatic carbocycles. The summed E-state index contributed by atoms with van der Waals surface area (Å²) in [7, 11) is 0. The number of nitrogens with one attached hydrogen (secondary N) is 1. The number of nitrogens with zero attached hydrogens (tertiary/aromatic N) is 2. The Kier molecular flexibility index (Phi) is 3.70. The standard InChI is InChI=1S/C13H15N3OS2/c1-8(17)14-5-6-18-12-11-9-3-2-4-10(9)19-13(11)16-7-15-12/h7H,2-6H2,1H3,(H,14,17). The van der Waals surface area contributed by atoms with E-state index < -0.39 is 0 Å². The van der Waals surface area contributed by atoms with Gasteiger partial charge in [0.15, 0.2) is 0 Å². The van der Waals surface area contributed by atoms with Crippen molar-refractivity contribution in [2.75, 3.05) is 12.3 Å². The topological polar surface area (TPSA) is 54.9 Å². The molecule has 2 heterocycles. The van der Waals surface area contributed by atoms with E-state index in [2.05, 4.69) is 15.3 Å². The number of fused-ring (bicyclic) bond motifs is 3. The summed E-state index contributed by atoms with van der Waals surface area (Å²) >= 11 is 3.51. The third-order valence-corrected chi connectivity index (χ3v) is 5.37. The lowest BCUT2D eigenvalue weighted by atomic mass is 10.2. The van der Waals surface area contributed by atoms with Gasteiger partial charge < -0.3 is 5.32 Å². The highest BCUT2D eigenvalue weighted by Gasteiger charge is 2.21. The highest BCUT2D eigenvalue weighted by atomic mass is 32.2. The normalized spacial score (nSPS) is 13.7. The highest BCUT2D eigenvalue weighted by molar-refractivity contribution is 7.99. The molecular formula is C13H15N3OS2. The van der Waals surface area contributed by atoms with Gasteiger partial charge in [-0.2, -0.15) is 0 Å². The van der Waals surface area contributed by atoms with Crippen LogP contribution in [0.15, 0.2) is 11.4 Å². The van der Waals surface area contributed by atoms with Crippen molar-refractivity contribution in [2.24, 2.45) is 0 Å². The second kappa shape index (κ2) is 5.46. The molecule has 0 unspecified atom stereocenters. The summed E-state index contributed by atoms with van der Waals surface area (Å²) in [5.41, 5.74) is 1.46. The molecule has 0 fully saturated rings. The zero-order chi connectivity index (χ0) is 13.2. The Hall–Kier alpha value is -1.14. The zero-order valence-electron chi connectivity index (χ0n) is 10.7. The Morgan fingerprint density at radius 3 is 3.21 bits per heavy atom. The molecule has 4 nitrogen and oxygen atoms in total. The SMILES string of the molecule is CC(=O)NCCSc1ncnc2sc3c(c12)CCC3. The molecule has 0 aromatic carbocycles. The number of hydrogen-bond acceptors (Lipinski definition) is 5. The summed E-state index contributed by atoms with van der Waals surface area (Å²) in [5, 5.41) is 5.13. The number of carbonyl (C=O) groups excluding carboxylic acids is 1. The molecule has 0 atom stereocenters. The third kappa shape index (κ3) is 2.60. The molecular weight excluding hydrogens is 278 g/mol. The largest absolute Gasteiger partial charge is 0.356 e. The van der Waals surface area contributed by atoms with Crippen molar-refractivity contribution in [1.29, 1.82) is 0 Å². The number of rotatable bonds is 4. The van der Waals surface area contributed by atoms with Crippen molar-refractivity contribution in [3.8, 4) is 0 Å². The van der Waals surface area contributed by atoms with Gasteiger partial charge in [-0.15, -0.1) is 23.1 Å². The van der Waals surface area contributed by atoms with Crippen LogP contribution < -0.4 is 5.32 Å². The molecule has 0 bridgehead atoms. The monoisotopic (exact) mass is 293 g/mol. The lowest BCUT2D eigenvalue weighted by molar-refractivity contribution is -0.118. The summed E-state index contributed by atoms with van der Waals surface area (Å²) < 4.78 is 0. The van der Waals surface area contributed by atoms with Crippen molar-refractivity contribution < 1.29 is 4.79 Å². The third-order valence-electron chi connectivity index (χ3n) is 3.18. The van der Waals surface area contributed by atoms with Gasteiger partial charge in [0.05, 0.1) is 0 Å². The molecule has 19 heavy (non-hydrogen) atoms. The first-order valence-electron chi connectivity index (χ1n) is 6.38. The van der Waals surface area contributed by atoms with Gasteiger partial charge in [-0.3, -0.25) is 4.79 Å². The number of thiophene rings is 1.